The first-order chi connectivity index (χ1) is 5.27. The summed E-state index contributed by atoms with van der Waals surface area (Å²) in [4.78, 5) is 0. The maximum atomic E-state index is 5.92. The molecule has 2 rings (SSSR count). The molecule has 0 aliphatic heterocycles. The number of rotatable bonds is 0. The highest BCUT2D eigenvalue weighted by Crippen LogP contribution is 2.33. The van der Waals surface area contributed by atoms with Crippen molar-refractivity contribution in [2.75, 3.05) is 0 Å². The molecule has 0 spiro atoms. The topological polar surface area (TPSA) is 0 Å². The molecule has 0 aliphatic rings. The minimum absolute atomic E-state index is 0.769. The maximum absolute atomic E-state index is 5.92. The molecule has 0 N–H and O–H groups in total. The highest BCUT2D eigenvalue weighted by atomic mass is 35.5. The van der Waals surface area contributed by atoms with Gasteiger partial charge in [-0.2, -0.15) is 0 Å². The van der Waals surface area contributed by atoms with Gasteiger partial charge in [0.1, 0.15) is 0 Å². The van der Waals surface area contributed by atoms with Crippen molar-refractivity contribution in [3.05, 3.63) is 33.6 Å². The first kappa shape index (κ1) is 7.41. The third-order valence-corrected chi connectivity index (χ3v) is 3.04. The van der Waals surface area contributed by atoms with E-state index in [0.29, 0.717) is 0 Å². The quantitative estimate of drug-likeness (QED) is 0.601. The van der Waals surface area contributed by atoms with Gasteiger partial charge in [0.25, 0.3) is 0 Å². The number of hydrogen-bond donors (Lipinski definition) is 0. The molecule has 0 aliphatic carbocycles. The summed E-state index contributed by atoms with van der Waals surface area (Å²) in [5, 5.41) is 1.81. The van der Waals surface area contributed by atoms with E-state index in [1.54, 1.807) is 11.3 Å². The third kappa shape index (κ3) is 1.24. The van der Waals surface area contributed by atoms with Gasteiger partial charge in [-0.1, -0.05) is 29.3 Å². The van der Waals surface area contributed by atoms with Crippen molar-refractivity contribution in [3.8, 4) is 0 Å². The highest BCUT2D eigenvalue weighted by molar-refractivity contribution is 7.22. The molecule has 0 unspecified atom stereocenters. The molecule has 0 bridgehead atoms. The minimum Gasteiger partial charge on any atom is -0.123 e. The second kappa shape index (κ2) is 2.67. The van der Waals surface area contributed by atoms with E-state index < -0.39 is 0 Å². The number of benzene rings is 1. The maximum Gasteiger partial charge on any atom is 0.0941 e. The molecule has 11 heavy (non-hydrogen) atoms. The monoisotopic (exact) mass is 202 g/mol. The summed E-state index contributed by atoms with van der Waals surface area (Å²) >= 11 is 13.3. The van der Waals surface area contributed by atoms with E-state index in [0.717, 1.165) is 19.4 Å². The van der Waals surface area contributed by atoms with Crippen molar-refractivity contribution in [2.45, 2.75) is 0 Å². The lowest BCUT2D eigenvalue weighted by Crippen LogP contribution is -1.62. The van der Waals surface area contributed by atoms with Crippen LogP contribution in [0.25, 0.3) is 10.1 Å². The SMILES string of the molecule is Clc1cc2c(Cl)cccc2s1. The number of hydrogen-bond acceptors (Lipinski definition) is 1. The molecule has 1 heterocycles. The molecule has 1 aromatic carbocycles. The molecule has 1 aromatic heterocycles. The van der Waals surface area contributed by atoms with Crippen LogP contribution < -0.4 is 0 Å². The summed E-state index contributed by atoms with van der Waals surface area (Å²) in [5.41, 5.74) is 0. The van der Waals surface area contributed by atoms with E-state index in [1.165, 1.54) is 0 Å². The zero-order valence-electron chi connectivity index (χ0n) is 5.47. The first-order valence-corrected chi connectivity index (χ1v) is 4.68. The lowest BCUT2D eigenvalue weighted by atomic mass is 10.3. The molecule has 0 atom stereocenters. The van der Waals surface area contributed by atoms with Crippen LogP contribution in [-0.4, -0.2) is 0 Å². The van der Waals surface area contributed by atoms with Gasteiger partial charge in [-0.05, 0) is 18.2 Å². The summed E-state index contributed by atoms with van der Waals surface area (Å²) in [7, 11) is 0. The van der Waals surface area contributed by atoms with Gasteiger partial charge in [0.15, 0.2) is 0 Å². The van der Waals surface area contributed by atoms with Gasteiger partial charge in [0.05, 0.1) is 4.34 Å². The molecule has 0 radical (unpaired) electrons. The number of thiophene rings is 1. The zero-order valence-corrected chi connectivity index (χ0v) is 7.80. The Morgan fingerprint density at radius 1 is 1.18 bits per heavy atom. The van der Waals surface area contributed by atoms with Crippen molar-refractivity contribution in [1.29, 1.82) is 0 Å². The van der Waals surface area contributed by atoms with Crippen LogP contribution in [0.1, 0.15) is 0 Å². The van der Waals surface area contributed by atoms with Crippen molar-refractivity contribution in [1.82, 2.24) is 0 Å². The Hall–Kier alpha value is -0.240. The Labute approximate surface area is 78.4 Å². The zero-order chi connectivity index (χ0) is 7.84. The molecule has 0 saturated carbocycles. The predicted octanol–water partition coefficient (Wildman–Crippen LogP) is 4.21. The third-order valence-electron chi connectivity index (χ3n) is 1.48. The van der Waals surface area contributed by atoms with Gasteiger partial charge in [0, 0.05) is 15.1 Å². The van der Waals surface area contributed by atoms with Crippen LogP contribution in [0, 0.1) is 0 Å². The van der Waals surface area contributed by atoms with Gasteiger partial charge in [-0.15, -0.1) is 11.3 Å². The van der Waals surface area contributed by atoms with E-state index in [4.69, 9.17) is 23.2 Å². The van der Waals surface area contributed by atoms with Crippen LogP contribution in [0.4, 0.5) is 0 Å². The predicted molar refractivity (Wildman–Crippen MR) is 51.8 cm³/mol. The van der Waals surface area contributed by atoms with Gasteiger partial charge < -0.3 is 0 Å². The van der Waals surface area contributed by atoms with E-state index in [1.807, 2.05) is 24.3 Å². The average Bonchev–Trinajstić information content (AvgIpc) is 2.31. The fraction of sp³-hybridized carbons (Fsp3) is 0. The van der Waals surface area contributed by atoms with E-state index in [9.17, 15) is 0 Å². The summed E-state index contributed by atoms with van der Waals surface area (Å²) < 4.78 is 1.93. The van der Waals surface area contributed by atoms with Gasteiger partial charge in [-0.3, -0.25) is 0 Å². The normalized spacial score (nSPS) is 10.7. The Morgan fingerprint density at radius 2 is 2.00 bits per heavy atom. The van der Waals surface area contributed by atoms with Crippen molar-refractivity contribution in [3.63, 3.8) is 0 Å². The average molecular weight is 203 g/mol. The molecule has 0 saturated heterocycles. The summed E-state index contributed by atoms with van der Waals surface area (Å²) in [6.45, 7) is 0. The van der Waals surface area contributed by atoms with E-state index in [2.05, 4.69) is 0 Å². The van der Waals surface area contributed by atoms with Crippen molar-refractivity contribution >= 4 is 44.6 Å². The van der Waals surface area contributed by atoms with Crippen LogP contribution in [0.5, 0.6) is 0 Å². The van der Waals surface area contributed by atoms with Crippen LogP contribution >= 0.6 is 34.5 Å². The fourth-order valence-corrected chi connectivity index (χ4v) is 2.45. The van der Waals surface area contributed by atoms with Crippen LogP contribution in [0.2, 0.25) is 9.36 Å². The smallest absolute Gasteiger partial charge is 0.0941 e. The number of fused-ring (bicyclic) bond motifs is 1. The Bertz CT molecular complexity index is 392. The minimum atomic E-state index is 0.769. The lowest BCUT2D eigenvalue weighted by molar-refractivity contribution is 1.85. The summed E-state index contributed by atoms with van der Waals surface area (Å²) in [6, 6.07) is 7.70. The molecular weight excluding hydrogens is 199 g/mol. The van der Waals surface area contributed by atoms with Gasteiger partial charge in [-0.25, -0.2) is 0 Å². The molecule has 3 heteroatoms. The standard InChI is InChI=1S/C8H4Cl2S/c9-6-2-1-3-7-5(6)4-8(10)11-7/h1-4H. The second-order valence-electron chi connectivity index (χ2n) is 2.20. The molecule has 2 aromatic rings. The number of halogens is 2. The molecule has 0 amide bonds. The summed E-state index contributed by atoms with van der Waals surface area (Å²) in [6.07, 6.45) is 0. The lowest BCUT2D eigenvalue weighted by Gasteiger charge is -1.89. The van der Waals surface area contributed by atoms with Gasteiger partial charge in [0.2, 0.25) is 0 Å². The Balaban J connectivity index is 2.90. The second-order valence-corrected chi connectivity index (χ2v) is 4.32. The van der Waals surface area contributed by atoms with E-state index in [-0.39, 0.29) is 0 Å². The van der Waals surface area contributed by atoms with Crippen LogP contribution in [-0.2, 0) is 0 Å². The van der Waals surface area contributed by atoms with Crippen LogP contribution in [0.15, 0.2) is 24.3 Å². The molecular formula is C8H4Cl2S. The van der Waals surface area contributed by atoms with Gasteiger partial charge >= 0.3 is 0 Å². The van der Waals surface area contributed by atoms with Crippen molar-refractivity contribution < 1.29 is 0 Å². The Morgan fingerprint density at radius 3 is 2.73 bits per heavy atom. The summed E-state index contributed by atoms with van der Waals surface area (Å²) in [5.74, 6) is 0. The van der Waals surface area contributed by atoms with Crippen LogP contribution in [0.3, 0.4) is 0 Å². The Kier molecular flexibility index (Phi) is 1.80. The first-order valence-electron chi connectivity index (χ1n) is 3.11. The highest BCUT2D eigenvalue weighted by Gasteiger charge is 2.01. The fourth-order valence-electron chi connectivity index (χ4n) is 0.994. The largest absolute Gasteiger partial charge is 0.123 e. The molecule has 0 nitrogen and oxygen atoms in total. The van der Waals surface area contributed by atoms with Crippen molar-refractivity contribution in [2.24, 2.45) is 0 Å². The molecule has 56 valence electrons. The molecule has 0 fully saturated rings. The van der Waals surface area contributed by atoms with E-state index >= 15 is 0 Å².